The maximum absolute atomic E-state index is 12.3. The van der Waals surface area contributed by atoms with Crippen LogP contribution >= 0.6 is 23.4 Å². The Morgan fingerprint density at radius 2 is 1.89 bits per heavy atom. The largest absolute Gasteiger partial charge is 0.325 e. The van der Waals surface area contributed by atoms with E-state index in [0.717, 1.165) is 11.4 Å². The van der Waals surface area contributed by atoms with Crippen molar-refractivity contribution in [2.45, 2.75) is 25.5 Å². The predicted octanol–water partition coefficient (Wildman–Crippen LogP) is 4.55. The minimum atomic E-state index is -0.176. The van der Waals surface area contributed by atoms with Crippen LogP contribution in [-0.2, 0) is 11.3 Å². The molecule has 2 aromatic carbocycles. The van der Waals surface area contributed by atoms with Crippen LogP contribution in [0.3, 0.4) is 0 Å². The Balaban J connectivity index is 1.67. The van der Waals surface area contributed by atoms with Gasteiger partial charge in [-0.3, -0.25) is 9.59 Å². The van der Waals surface area contributed by atoms with Crippen LogP contribution in [0.4, 0.5) is 5.69 Å². The number of rotatable bonds is 7. The van der Waals surface area contributed by atoms with E-state index in [0.29, 0.717) is 28.0 Å². The quantitative estimate of drug-likeness (QED) is 0.453. The fourth-order valence-electron chi connectivity index (χ4n) is 2.64. The fraction of sp³-hybridized carbons (Fsp3) is 0.200. The van der Waals surface area contributed by atoms with Gasteiger partial charge < -0.3 is 9.88 Å². The SMILES string of the molecule is CCn1c(SCC(=O)Nc2cccc(C(C)=O)c2)nnc1-c1ccc(Cl)cc1. The monoisotopic (exact) mass is 414 g/mol. The summed E-state index contributed by atoms with van der Waals surface area (Å²) in [6, 6.07) is 14.3. The van der Waals surface area contributed by atoms with Crippen molar-refractivity contribution < 1.29 is 9.59 Å². The Hall–Kier alpha value is -2.64. The standard InChI is InChI=1S/C20H19ClN4O2S/c1-3-25-19(14-7-9-16(21)10-8-14)23-24-20(25)28-12-18(27)22-17-6-4-5-15(11-17)13(2)26/h4-11H,3,12H2,1-2H3,(H,22,27). The van der Waals surface area contributed by atoms with Gasteiger partial charge in [-0.2, -0.15) is 0 Å². The van der Waals surface area contributed by atoms with Crippen molar-refractivity contribution in [2.75, 3.05) is 11.1 Å². The maximum Gasteiger partial charge on any atom is 0.234 e. The molecule has 3 rings (SSSR count). The number of halogens is 1. The number of benzene rings is 2. The van der Waals surface area contributed by atoms with E-state index in [1.807, 2.05) is 23.6 Å². The lowest BCUT2D eigenvalue weighted by molar-refractivity contribution is -0.113. The van der Waals surface area contributed by atoms with Gasteiger partial charge in [0.05, 0.1) is 5.75 Å². The molecule has 0 unspecified atom stereocenters. The number of nitrogens with zero attached hydrogens (tertiary/aromatic N) is 3. The molecule has 0 radical (unpaired) electrons. The summed E-state index contributed by atoms with van der Waals surface area (Å²) >= 11 is 7.26. The molecule has 0 bridgehead atoms. The molecule has 0 aliphatic rings. The average Bonchev–Trinajstić information content (AvgIpc) is 3.10. The first kappa shape index (κ1) is 20.1. The second-order valence-electron chi connectivity index (χ2n) is 6.03. The summed E-state index contributed by atoms with van der Waals surface area (Å²) in [6.45, 7) is 4.17. The van der Waals surface area contributed by atoms with Gasteiger partial charge in [-0.1, -0.05) is 35.5 Å². The van der Waals surface area contributed by atoms with Gasteiger partial charge in [0, 0.05) is 28.4 Å². The first-order valence-electron chi connectivity index (χ1n) is 8.70. The topological polar surface area (TPSA) is 76.9 Å². The second kappa shape index (κ2) is 9.03. The number of thioether (sulfide) groups is 1. The fourth-order valence-corrected chi connectivity index (χ4v) is 3.56. The number of amides is 1. The molecule has 0 spiro atoms. The van der Waals surface area contributed by atoms with Gasteiger partial charge in [0.15, 0.2) is 16.8 Å². The van der Waals surface area contributed by atoms with Gasteiger partial charge in [-0.05, 0) is 50.2 Å². The molecule has 0 saturated carbocycles. The second-order valence-corrected chi connectivity index (χ2v) is 7.41. The van der Waals surface area contributed by atoms with Crippen molar-refractivity contribution in [1.29, 1.82) is 0 Å². The number of hydrogen-bond acceptors (Lipinski definition) is 5. The van der Waals surface area contributed by atoms with E-state index < -0.39 is 0 Å². The summed E-state index contributed by atoms with van der Waals surface area (Å²) in [6.07, 6.45) is 0. The Morgan fingerprint density at radius 3 is 2.57 bits per heavy atom. The normalized spacial score (nSPS) is 10.7. The molecular formula is C20H19ClN4O2S. The molecule has 1 amide bonds. The predicted molar refractivity (Wildman–Crippen MR) is 112 cm³/mol. The van der Waals surface area contributed by atoms with Gasteiger partial charge in [-0.25, -0.2) is 0 Å². The van der Waals surface area contributed by atoms with E-state index in [2.05, 4.69) is 15.5 Å². The van der Waals surface area contributed by atoms with Crippen molar-refractivity contribution in [3.63, 3.8) is 0 Å². The third-order valence-corrected chi connectivity index (χ3v) is 5.24. The van der Waals surface area contributed by atoms with Crippen LogP contribution in [0, 0.1) is 0 Å². The third kappa shape index (κ3) is 4.79. The molecule has 0 aliphatic carbocycles. The summed E-state index contributed by atoms with van der Waals surface area (Å²) in [4.78, 5) is 23.8. The number of aromatic nitrogens is 3. The van der Waals surface area contributed by atoms with Crippen LogP contribution in [0.15, 0.2) is 53.7 Å². The van der Waals surface area contributed by atoms with E-state index >= 15 is 0 Å². The van der Waals surface area contributed by atoms with Crippen LogP contribution in [0.2, 0.25) is 5.02 Å². The highest BCUT2D eigenvalue weighted by molar-refractivity contribution is 7.99. The summed E-state index contributed by atoms with van der Waals surface area (Å²) in [7, 11) is 0. The molecule has 0 fully saturated rings. The van der Waals surface area contributed by atoms with Crippen LogP contribution in [-0.4, -0.2) is 32.2 Å². The Bertz CT molecular complexity index is 1000. The minimum absolute atomic E-state index is 0.0451. The maximum atomic E-state index is 12.3. The van der Waals surface area contributed by atoms with Gasteiger partial charge in [0.25, 0.3) is 0 Å². The lowest BCUT2D eigenvalue weighted by Gasteiger charge is -2.08. The molecule has 6 nitrogen and oxygen atoms in total. The van der Waals surface area contributed by atoms with Crippen LogP contribution in [0.1, 0.15) is 24.2 Å². The molecule has 3 aromatic rings. The van der Waals surface area contributed by atoms with E-state index in [4.69, 9.17) is 11.6 Å². The molecule has 1 N–H and O–H groups in total. The number of nitrogens with one attached hydrogen (secondary N) is 1. The lowest BCUT2D eigenvalue weighted by atomic mass is 10.1. The number of anilines is 1. The van der Waals surface area contributed by atoms with Crippen LogP contribution < -0.4 is 5.32 Å². The zero-order valence-electron chi connectivity index (χ0n) is 15.5. The van der Waals surface area contributed by atoms with Gasteiger partial charge in [0.2, 0.25) is 5.91 Å². The van der Waals surface area contributed by atoms with E-state index in [1.165, 1.54) is 18.7 Å². The third-order valence-electron chi connectivity index (χ3n) is 4.02. The summed E-state index contributed by atoms with van der Waals surface area (Å²) in [5.41, 5.74) is 2.07. The van der Waals surface area contributed by atoms with Crippen molar-refractivity contribution in [3.8, 4) is 11.4 Å². The van der Waals surface area contributed by atoms with Crippen molar-refractivity contribution in [1.82, 2.24) is 14.8 Å². The van der Waals surface area contributed by atoms with Crippen molar-refractivity contribution in [3.05, 3.63) is 59.1 Å². The Labute approximate surface area is 172 Å². The molecule has 144 valence electrons. The molecule has 1 aromatic heterocycles. The average molecular weight is 415 g/mol. The van der Waals surface area contributed by atoms with Crippen molar-refractivity contribution >= 4 is 40.7 Å². The highest BCUT2D eigenvalue weighted by Gasteiger charge is 2.15. The molecular weight excluding hydrogens is 396 g/mol. The molecule has 28 heavy (non-hydrogen) atoms. The zero-order valence-corrected chi connectivity index (χ0v) is 17.0. The minimum Gasteiger partial charge on any atom is -0.325 e. The van der Waals surface area contributed by atoms with Crippen molar-refractivity contribution in [2.24, 2.45) is 0 Å². The smallest absolute Gasteiger partial charge is 0.234 e. The molecule has 0 saturated heterocycles. The van der Waals surface area contributed by atoms with Crippen LogP contribution in [0.5, 0.6) is 0 Å². The number of carbonyl (C=O) groups excluding carboxylic acids is 2. The van der Waals surface area contributed by atoms with Crippen LogP contribution in [0.25, 0.3) is 11.4 Å². The Kier molecular flexibility index (Phi) is 6.49. The van der Waals surface area contributed by atoms with Gasteiger partial charge in [0.1, 0.15) is 0 Å². The van der Waals surface area contributed by atoms with E-state index in [-0.39, 0.29) is 17.4 Å². The molecule has 1 heterocycles. The van der Waals surface area contributed by atoms with E-state index in [1.54, 1.807) is 36.4 Å². The molecule has 8 heteroatoms. The number of Topliss-reactive ketones (excluding diaryl/α,β-unsaturated/α-hetero) is 1. The number of hydrogen-bond donors (Lipinski definition) is 1. The highest BCUT2D eigenvalue weighted by atomic mass is 35.5. The van der Waals surface area contributed by atoms with Gasteiger partial charge >= 0.3 is 0 Å². The molecule has 0 aliphatic heterocycles. The van der Waals surface area contributed by atoms with E-state index in [9.17, 15) is 9.59 Å². The lowest BCUT2D eigenvalue weighted by Crippen LogP contribution is -2.15. The first-order valence-corrected chi connectivity index (χ1v) is 10.1. The zero-order chi connectivity index (χ0) is 20.1. The highest BCUT2D eigenvalue weighted by Crippen LogP contribution is 2.25. The summed E-state index contributed by atoms with van der Waals surface area (Å²) in [5, 5.41) is 12.6. The van der Waals surface area contributed by atoms with Gasteiger partial charge in [-0.15, -0.1) is 10.2 Å². The summed E-state index contributed by atoms with van der Waals surface area (Å²) < 4.78 is 1.96. The molecule has 0 atom stereocenters. The first-order chi connectivity index (χ1) is 13.5. The number of carbonyl (C=O) groups is 2. The Morgan fingerprint density at radius 1 is 1.14 bits per heavy atom. The summed E-state index contributed by atoms with van der Waals surface area (Å²) in [5.74, 6) is 0.695. The number of ketones is 1.